The van der Waals surface area contributed by atoms with E-state index in [1.54, 1.807) is 6.33 Å². The second kappa shape index (κ2) is 7.51. The molecule has 1 saturated heterocycles. The number of rotatable bonds is 5. The Morgan fingerprint density at radius 3 is 2.83 bits per heavy atom. The van der Waals surface area contributed by atoms with Gasteiger partial charge in [0.05, 0.1) is 6.33 Å². The maximum Gasteiger partial charge on any atom is 0.407 e. The van der Waals surface area contributed by atoms with Crippen LogP contribution in [-0.2, 0) is 6.54 Å². The lowest BCUT2D eigenvalue weighted by molar-refractivity contribution is 0.0765. The molecule has 1 fully saturated rings. The van der Waals surface area contributed by atoms with E-state index >= 15 is 0 Å². The lowest BCUT2D eigenvalue weighted by Crippen LogP contribution is -2.49. The predicted molar refractivity (Wildman–Crippen MR) is 111 cm³/mol. The summed E-state index contributed by atoms with van der Waals surface area (Å²) in [6.45, 7) is 2.00. The van der Waals surface area contributed by atoms with Crippen molar-refractivity contribution in [3.05, 3.63) is 22.9 Å². The number of aromatic nitrogens is 4. The molecular formula is C18H17BrN6O4S. The zero-order valence-electron chi connectivity index (χ0n) is 15.6. The highest BCUT2D eigenvalue weighted by Crippen LogP contribution is 2.43. The summed E-state index contributed by atoms with van der Waals surface area (Å²) in [5.41, 5.74) is 6.58. The number of imidazole rings is 1. The van der Waals surface area contributed by atoms with Gasteiger partial charge in [-0.2, -0.15) is 0 Å². The van der Waals surface area contributed by atoms with Crippen LogP contribution in [0.25, 0.3) is 11.5 Å². The molecule has 0 atom stereocenters. The standard InChI is InChI=1S/C18H17BrN6O4S/c19-10-3-11-12(29-8-28-11)4-13(10)30-17-22-14-15(20)21-7-24(16(14)23-17)2-1-9-5-25(6-9)18(26)27/h3-4,7,9H,1-2,5-6,8,20H2,(H,26,27). The average molecular weight is 493 g/mol. The molecular weight excluding hydrogens is 476 g/mol. The Bertz CT molecular complexity index is 1100. The van der Waals surface area contributed by atoms with E-state index in [4.69, 9.17) is 20.3 Å². The third-order valence-electron chi connectivity index (χ3n) is 5.11. The smallest absolute Gasteiger partial charge is 0.407 e. The monoisotopic (exact) mass is 492 g/mol. The van der Waals surface area contributed by atoms with Crippen molar-refractivity contribution in [1.82, 2.24) is 24.4 Å². The number of ether oxygens (including phenoxy) is 2. The third-order valence-corrected chi connectivity index (χ3v) is 6.95. The minimum atomic E-state index is -0.867. The summed E-state index contributed by atoms with van der Waals surface area (Å²) in [5, 5.41) is 9.52. The number of aryl methyl sites for hydroxylation is 1. The Hall–Kier alpha value is -2.73. The molecule has 0 aliphatic carbocycles. The van der Waals surface area contributed by atoms with Gasteiger partial charge in [0.1, 0.15) is 0 Å². The topological polar surface area (TPSA) is 129 Å². The number of hydrogen-bond donors (Lipinski definition) is 2. The predicted octanol–water partition coefficient (Wildman–Crippen LogP) is 3.00. The summed E-state index contributed by atoms with van der Waals surface area (Å²) < 4.78 is 13.6. The van der Waals surface area contributed by atoms with Crippen molar-refractivity contribution < 1.29 is 19.4 Å². The van der Waals surface area contributed by atoms with Crippen LogP contribution in [0.15, 0.2) is 33.0 Å². The summed E-state index contributed by atoms with van der Waals surface area (Å²) in [4.78, 5) is 26.7. The van der Waals surface area contributed by atoms with Crippen molar-refractivity contribution in [2.24, 2.45) is 5.92 Å². The molecule has 0 aromatic heterocycles. The van der Waals surface area contributed by atoms with Crippen molar-refractivity contribution >= 4 is 39.6 Å². The number of carboxylic acid groups (broad SMARTS) is 1. The van der Waals surface area contributed by atoms with Gasteiger partial charge in [0.15, 0.2) is 34.0 Å². The molecule has 0 saturated carbocycles. The second-order valence-electron chi connectivity index (χ2n) is 7.08. The fourth-order valence-corrected chi connectivity index (χ4v) is 4.80. The zero-order valence-corrected chi connectivity index (χ0v) is 18.0. The van der Waals surface area contributed by atoms with Crippen LogP contribution in [0.1, 0.15) is 6.42 Å². The van der Waals surface area contributed by atoms with Crippen molar-refractivity contribution in [3.8, 4) is 23.0 Å². The minimum Gasteiger partial charge on any atom is -0.465 e. The van der Waals surface area contributed by atoms with E-state index in [1.807, 2.05) is 16.7 Å². The molecule has 4 heterocycles. The molecule has 30 heavy (non-hydrogen) atoms. The molecule has 1 amide bonds. The van der Waals surface area contributed by atoms with Crippen molar-refractivity contribution in [3.63, 3.8) is 0 Å². The number of anilines is 1. The first-order valence-corrected chi connectivity index (χ1v) is 10.8. The summed E-state index contributed by atoms with van der Waals surface area (Å²) in [6, 6.07) is 3.75. The Balaban J connectivity index is 1.35. The number of nitrogens with two attached hydrogens (primary N) is 1. The van der Waals surface area contributed by atoms with Crippen LogP contribution in [0.5, 0.6) is 11.5 Å². The van der Waals surface area contributed by atoms with Crippen LogP contribution in [0.3, 0.4) is 0 Å². The van der Waals surface area contributed by atoms with Gasteiger partial charge in [-0.15, -0.1) is 0 Å². The fourth-order valence-electron chi connectivity index (χ4n) is 3.45. The van der Waals surface area contributed by atoms with Crippen LogP contribution < -0.4 is 15.2 Å². The Morgan fingerprint density at radius 1 is 1.30 bits per heavy atom. The van der Waals surface area contributed by atoms with Gasteiger partial charge in [-0.05, 0) is 52.2 Å². The molecule has 5 rings (SSSR count). The Morgan fingerprint density at radius 2 is 2.07 bits per heavy atom. The molecule has 1 aromatic carbocycles. The van der Waals surface area contributed by atoms with E-state index in [1.165, 1.54) is 16.7 Å². The molecule has 0 unspecified atom stereocenters. The highest BCUT2D eigenvalue weighted by Gasteiger charge is 2.30. The molecule has 10 nitrogen and oxygen atoms in total. The normalized spacial score (nSPS) is 15.6. The number of benzene rings is 1. The molecule has 0 spiro atoms. The third kappa shape index (κ3) is 3.49. The van der Waals surface area contributed by atoms with Gasteiger partial charge in [-0.1, -0.05) is 0 Å². The van der Waals surface area contributed by atoms with Gasteiger partial charge < -0.3 is 29.8 Å². The lowest BCUT2D eigenvalue weighted by atomic mass is 9.97. The van der Waals surface area contributed by atoms with Crippen LogP contribution in [0, 0.1) is 5.92 Å². The number of carbonyl (C=O) groups is 1. The van der Waals surface area contributed by atoms with Crippen LogP contribution in [0.4, 0.5) is 10.6 Å². The zero-order chi connectivity index (χ0) is 20.8. The molecule has 3 N–H and O–H groups in total. The SMILES string of the molecule is Nc1ncn(CCC2CN(C(=O)O)C2)c2nc(Sc3cc4c(cc3Br)OCO4)nc1-2. The number of nitrogen functional groups attached to an aromatic ring is 1. The lowest BCUT2D eigenvalue weighted by Gasteiger charge is -2.37. The second-order valence-corrected chi connectivity index (χ2v) is 8.95. The van der Waals surface area contributed by atoms with Crippen LogP contribution >= 0.6 is 27.7 Å². The highest BCUT2D eigenvalue weighted by molar-refractivity contribution is 9.10. The number of halogens is 1. The average Bonchev–Trinajstić information content (AvgIpc) is 3.29. The van der Waals surface area contributed by atoms with Gasteiger partial charge in [0, 0.05) is 29.0 Å². The Labute approximate surface area is 183 Å². The Kier molecular flexibility index (Phi) is 4.82. The van der Waals surface area contributed by atoms with E-state index in [9.17, 15) is 4.79 Å². The number of likely N-dealkylation sites (tertiary alicyclic amines) is 1. The largest absolute Gasteiger partial charge is 0.465 e. The fraction of sp³-hybridized carbons (Fsp3) is 0.333. The first-order valence-electron chi connectivity index (χ1n) is 9.21. The molecule has 0 bridgehead atoms. The molecule has 4 aliphatic rings. The van der Waals surface area contributed by atoms with Gasteiger partial charge in [0.2, 0.25) is 6.79 Å². The van der Waals surface area contributed by atoms with E-state index in [0.717, 1.165) is 15.8 Å². The van der Waals surface area contributed by atoms with Gasteiger partial charge >= 0.3 is 6.09 Å². The number of nitrogens with zero attached hydrogens (tertiary/aromatic N) is 5. The maximum absolute atomic E-state index is 10.9. The quantitative estimate of drug-likeness (QED) is 0.551. The first-order chi connectivity index (χ1) is 14.5. The van der Waals surface area contributed by atoms with Crippen LogP contribution in [0.2, 0.25) is 0 Å². The molecule has 156 valence electrons. The highest BCUT2D eigenvalue weighted by atomic mass is 79.9. The summed E-state index contributed by atoms with van der Waals surface area (Å²) in [5.74, 6) is 2.71. The van der Waals surface area contributed by atoms with Gasteiger partial charge in [-0.25, -0.2) is 19.7 Å². The maximum atomic E-state index is 10.9. The summed E-state index contributed by atoms with van der Waals surface area (Å²) >= 11 is 4.94. The molecule has 1 aromatic rings. The number of hydrogen-bond acceptors (Lipinski definition) is 8. The number of fused-ring (bicyclic) bond motifs is 2. The van der Waals surface area contributed by atoms with E-state index in [0.29, 0.717) is 59.5 Å². The summed E-state index contributed by atoms with van der Waals surface area (Å²) in [7, 11) is 0. The summed E-state index contributed by atoms with van der Waals surface area (Å²) in [6.07, 6.45) is 1.62. The first kappa shape index (κ1) is 19.2. The van der Waals surface area contributed by atoms with E-state index in [2.05, 4.69) is 30.9 Å². The molecule has 12 heteroatoms. The molecule has 4 aliphatic heterocycles. The van der Waals surface area contributed by atoms with E-state index < -0.39 is 6.09 Å². The van der Waals surface area contributed by atoms with Gasteiger partial charge in [0.25, 0.3) is 0 Å². The van der Waals surface area contributed by atoms with Crippen molar-refractivity contribution in [2.75, 3.05) is 25.6 Å². The minimum absolute atomic E-state index is 0.208. The molecule has 0 radical (unpaired) electrons. The number of amides is 1. The van der Waals surface area contributed by atoms with E-state index in [-0.39, 0.29) is 6.79 Å². The van der Waals surface area contributed by atoms with Crippen molar-refractivity contribution in [2.45, 2.75) is 23.0 Å². The van der Waals surface area contributed by atoms with Crippen LogP contribution in [-0.4, -0.2) is 55.5 Å². The van der Waals surface area contributed by atoms with Gasteiger partial charge in [-0.3, -0.25) is 0 Å². The van der Waals surface area contributed by atoms with Crippen molar-refractivity contribution in [1.29, 1.82) is 0 Å².